The molecule has 31 heavy (non-hydrogen) atoms. The lowest BCUT2D eigenvalue weighted by atomic mass is 10.0. The van der Waals surface area contributed by atoms with E-state index in [1.165, 1.54) is 4.90 Å². The number of carbonyl (C=O) groups excluding carboxylic acids is 4. The molecule has 0 saturated carbocycles. The van der Waals surface area contributed by atoms with Crippen molar-refractivity contribution < 1.29 is 39.0 Å². The Morgan fingerprint density at radius 2 is 1.68 bits per heavy atom. The van der Waals surface area contributed by atoms with E-state index in [4.69, 9.17) is 21.7 Å². The highest BCUT2D eigenvalue weighted by atomic mass is 16.4. The van der Waals surface area contributed by atoms with Crippen LogP contribution < -0.4 is 22.1 Å². The van der Waals surface area contributed by atoms with Crippen molar-refractivity contribution in [3.63, 3.8) is 0 Å². The lowest BCUT2D eigenvalue weighted by molar-refractivity contribution is -0.148. The first-order valence-electron chi connectivity index (χ1n) is 9.74. The Bertz CT molecular complexity index is 740. The van der Waals surface area contributed by atoms with Crippen molar-refractivity contribution in [1.82, 2.24) is 15.5 Å². The molecule has 174 valence electrons. The summed E-state index contributed by atoms with van der Waals surface area (Å²) in [5.74, 6) is -6.19. The molecule has 8 N–H and O–H groups in total. The van der Waals surface area contributed by atoms with Gasteiger partial charge in [0.15, 0.2) is 0 Å². The van der Waals surface area contributed by atoms with Crippen molar-refractivity contribution in [1.29, 1.82) is 0 Å². The normalized spacial score (nSPS) is 18.7. The summed E-state index contributed by atoms with van der Waals surface area (Å²) in [6, 6.07) is -4.94. The van der Waals surface area contributed by atoms with Gasteiger partial charge in [-0.2, -0.15) is 0 Å². The molecule has 0 aliphatic carbocycles. The second-order valence-corrected chi connectivity index (χ2v) is 7.69. The lowest BCUT2D eigenvalue weighted by Crippen LogP contribution is -2.58. The number of hydrogen-bond acceptors (Lipinski definition) is 7. The highest BCUT2D eigenvalue weighted by molar-refractivity contribution is 5.95. The quantitative estimate of drug-likeness (QED) is 0.196. The van der Waals surface area contributed by atoms with Gasteiger partial charge in [-0.3, -0.25) is 24.0 Å². The van der Waals surface area contributed by atoms with E-state index in [1.807, 2.05) is 0 Å². The average Bonchev–Trinajstić information content (AvgIpc) is 3.13. The minimum atomic E-state index is -1.64. The van der Waals surface area contributed by atoms with Gasteiger partial charge in [0.25, 0.3) is 0 Å². The molecule has 0 aromatic carbocycles. The Hall–Kier alpha value is -3.22. The SMILES string of the molecule is CC(C)C(NC(=O)C(N)CC(N)=O)C(=O)N1CCCC1C(=O)NC(CC(=O)O)C(=O)O. The smallest absolute Gasteiger partial charge is 0.326 e. The number of nitrogens with two attached hydrogens (primary N) is 2. The van der Waals surface area contributed by atoms with Gasteiger partial charge in [0.1, 0.15) is 18.1 Å². The lowest BCUT2D eigenvalue weighted by Gasteiger charge is -2.31. The van der Waals surface area contributed by atoms with Gasteiger partial charge in [-0.05, 0) is 18.8 Å². The van der Waals surface area contributed by atoms with Gasteiger partial charge in [0.05, 0.1) is 18.9 Å². The van der Waals surface area contributed by atoms with Crippen LogP contribution in [0.3, 0.4) is 0 Å². The first-order valence-corrected chi connectivity index (χ1v) is 9.74. The molecule has 1 rings (SSSR count). The van der Waals surface area contributed by atoms with Crippen LogP contribution >= 0.6 is 0 Å². The number of carboxylic acid groups (broad SMARTS) is 2. The number of nitrogens with zero attached hydrogens (tertiary/aromatic N) is 1. The van der Waals surface area contributed by atoms with Crippen LogP contribution in [-0.2, 0) is 28.8 Å². The van der Waals surface area contributed by atoms with Crippen LogP contribution in [0.1, 0.15) is 39.5 Å². The van der Waals surface area contributed by atoms with Gasteiger partial charge >= 0.3 is 11.9 Å². The summed E-state index contributed by atoms with van der Waals surface area (Å²) in [6.45, 7) is 3.53. The fourth-order valence-corrected chi connectivity index (χ4v) is 3.21. The second kappa shape index (κ2) is 11.2. The number of likely N-dealkylation sites (tertiary alicyclic amines) is 1. The highest BCUT2D eigenvalue weighted by Gasteiger charge is 2.40. The highest BCUT2D eigenvalue weighted by Crippen LogP contribution is 2.21. The van der Waals surface area contributed by atoms with Crippen LogP contribution in [0.15, 0.2) is 0 Å². The molecule has 0 aromatic rings. The van der Waals surface area contributed by atoms with E-state index in [-0.39, 0.29) is 18.9 Å². The van der Waals surface area contributed by atoms with E-state index in [0.717, 1.165) is 0 Å². The predicted octanol–water partition coefficient (Wildman–Crippen LogP) is -2.63. The summed E-state index contributed by atoms with van der Waals surface area (Å²) in [5.41, 5.74) is 10.6. The summed E-state index contributed by atoms with van der Waals surface area (Å²) in [4.78, 5) is 72.1. The van der Waals surface area contributed by atoms with Crippen LogP contribution in [-0.4, -0.2) is 81.4 Å². The number of rotatable bonds is 11. The van der Waals surface area contributed by atoms with Gasteiger partial charge in [-0.15, -0.1) is 0 Å². The molecule has 0 radical (unpaired) electrons. The van der Waals surface area contributed by atoms with E-state index >= 15 is 0 Å². The van der Waals surface area contributed by atoms with E-state index in [2.05, 4.69) is 10.6 Å². The van der Waals surface area contributed by atoms with Crippen molar-refractivity contribution in [3.05, 3.63) is 0 Å². The maximum atomic E-state index is 13.1. The van der Waals surface area contributed by atoms with Crippen LogP contribution in [0.2, 0.25) is 0 Å². The van der Waals surface area contributed by atoms with E-state index in [1.54, 1.807) is 13.8 Å². The predicted molar refractivity (Wildman–Crippen MR) is 105 cm³/mol. The molecule has 1 aliphatic rings. The molecule has 0 bridgehead atoms. The van der Waals surface area contributed by atoms with Gasteiger partial charge in [0, 0.05) is 6.54 Å². The average molecular weight is 443 g/mol. The molecule has 1 fully saturated rings. The number of carboxylic acids is 2. The third-order valence-corrected chi connectivity index (χ3v) is 4.82. The molecule has 13 nitrogen and oxygen atoms in total. The molecule has 1 saturated heterocycles. The van der Waals surface area contributed by atoms with Gasteiger partial charge in [0.2, 0.25) is 23.6 Å². The van der Waals surface area contributed by atoms with Crippen molar-refractivity contribution in [2.75, 3.05) is 6.54 Å². The Morgan fingerprint density at radius 1 is 1.06 bits per heavy atom. The van der Waals surface area contributed by atoms with E-state index < -0.39 is 72.6 Å². The molecular weight excluding hydrogens is 414 g/mol. The zero-order chi connectivity index (χ0) is 23.9. The van der Waals surface area contributed by atoms with Crippen LogP contribution in [0.5, 0.6) is 0 Å². The van der Waals surface area contributed by atoms with Gasteiger partial charge < -0.3 is 37.2 Å². The first kappa shape index (κ1) is 25.8. The van der Waals surface area contributed by atoms with Crippen molar-refractivity contribution >= 4 is 35.6 Å². The van der Waals surface area contributed by atoms with Gasteiger partial charge in [-0.25, -0.2) is 4.79 Å². The molecule has 0 spiro atoms. The van der Waals surface area contributed by atoms with Crippen LogP contribution in [0.4, 0.5) is 0 Å². The Kier molecular flexibility index (Phi) is 9.37. The number of aliphatic carboxylic acids is 2. The number of hydrogen-bond donors (Lipinski definition) is 6. The standard InChI is InChI=1S/C18H29N5O8/c1-8(2)14(22-15(27)9(19)6-12(20)24)17(29)23-5-3-4-11(23)16(28)21-10(18(30)31)7-13(25)26/h8-11,14H,3-7,19H2,1-2H3,(H2,20,24)(H,21,28)(H,22,27)(H,25,26)(H,30,31). The molecule has 4 atom stereocenters. The Balaban J connectivity index is 2.93. The molecule has 1 heterocycles. The van der Waals surface area contributed by atoms with Crippen molar-refractivity contribution in [3.8, 4) is 0 Å². The Morgan fingerprint density at radius 3 is 2.16 bits per heavy atom. The monoisotopic (exact) mass is 443 g/mol. The zero-order valence-electron chi connectivity index (χ0n) is 17.4. The number of carbonyl (C=O) groups is 6. The Labute approximate surface area is 178 Å². The zero-order valence-corrected chi connectivity index (χ0v) is 17.4. The minimum Gasteiger partial charge on any atom is -0.481 e. The number of primary amides is 1. The maximum Gasteiger partial charge on any atom is 0.326 e. The van der Waals surface area contributed by atoms with Crippen LogP contribution in [0.25, 0.3) is 0 Å². The van der Waals surface area contributed by atoms with E-state index in [9.17, 15) is 28.8 Å². The topological polar surface area (TPSA) is 222 Å². The largest absolute Gasteiger partial charge is 0.481 e. The molecule has 13 heteroatoms. The fraction of sp³-hybridized carbons (Fsp3) is 0.667. The fourth-order valence-electron chi connectivity index (χ4n) is 3.21. The number of amides is 4. The van der Waals surface area contributed by atoms with Crippen LogP contribution in [0, 0.1) is 5.92 Å². The summed E-state index contributed by atoms with van der Waals surface area (Å²) < 4.78 is 0. The molecule has 0 aromatic heterocycles. The molecule has 4 unspecified atom stereocenters. The van der Waals surface area contributed by atoms with Crippen molar-refractivity contribution in [2.45, 2.75) is 63.7 Å². The second-order valence-electron chi connectivity index (χ2n) is 7.69. The third kappa shape index (κ3) is 7.51. The summed E-state index contributed by atoms with van der Waals surface area (Å²) in [5, 5.41) is 22.6. The van der Waals surface area contributed by atoms with E-state index in [0.29, 0.717) is 6.42 Å². The maximum absolute atomic E-state index is 13.1. The van der Waals surface area contributed by atoms with Gasteiger partial charge in [-0.1, -0.05) is 13.8 Å². The summed E-state index contributed by atoms with van der Waals surface area (Å²) in [6.07, 6.45) is -0.513. The molecule has 4 amide bonds. The van der Waals surface area contributed by atoms with Crippen molar-refractivity contribution in [2.24, 2.45) is 17.4 Å². The summed E-state index contributed by atoms with van der Waals surface area (Å²) >= 11 is 0. The summed E-state index contributed by atoms with van der Waals surface area (Å²) in [7, 11) is 0. The molecular formula is C18H29N5O8. The third-order valence-electron chi connectivity index (χ3n) is 4.82. The minimum absolute atomic E-state index is 0.194. The molecule has 1 aliphatic heterocycles. The first-order chi connectivity index (χ1) is 14.3. The number of nitrogens with one attached hydrogen (secondary N) is 2.